The number of hydrogen-bond donors (Lipinski definition) is 0. The zero-order valence-corrected chi connectivity index (χ0v) is 11.4. The average molecular weight is 300 g/mol. The number of carbonyl (C=O) groups excluding carboxylic acids is 1. The van der Waals surface area contributed by atoms with Crippen molar-refractivity contribution in [3.63, 3.8) is 0 Å². The molecule has 2 fully saturated rings. The second kappa shape index (κ2) is 4.24. The molecule has 16 heavy (non-hydrogen) atoms. The van der Waals surface area contributed by atoms with Gasteiger partial charge in [-0.3, -0.25) is 9.69 Å². The Balaban J connectivity index is 1.74. The molecule has 0 saturated carbocycles. The predicted octanol–water partition coefficient (Wildman–Crippen LogP) is 3.21. The standard InChI is InChI=1S/C12H14BrNOS/c13-8-3-12(16-7-8)6-14-9-1-2-10(14)5-11(15)4-9/h3,7,9-10H,1-2,4-6H2. The van der Waals surface area contributed by atoms with E-state index in [9.17, 15) is 4.79 Å². The Labute approximate surface area is 108 Å². The lowest BCUT2D eigenvalue weighted by Crippen LogP contribution is -2.42. The van der Waals surface area contributed by atoms with Crippen LogP contribution in [0.2, 0.25) is 0 Å². The molecule has 0 N–H and O–H groups in total. The SMILES string of the molecule is O=C1CC2CCC(C1)N2Cc1cc(Br)cs1. The van der Waals surface area contributed by atoms with Crippen molar-refractivity contribution in [2.24, 2.45) is 0 Å². The summed E-state index contributed by atoms with van der Waals surface area (Å²) in [7, 11) is 0. The highest BCUT2D eigenvalue weighted by Crippen LogP contribution is 2.36. The molecule has 2 aliphatic heterocycles. The van der Waals surface area contributed by atoms with E-state index in [1.807, 2.05) is 0 Å². The zero-order valence-electron chi connectivity index (χ0n) is 8.99. The number of rotatable bonds is 2. The molecule has 3 rings (SSSR count). The average Bonchev–Trinajstić information content (AvgIpc) is 2.72. The Hall–Kier alpha value is -0.190. The van der Waals surface area contributed by atoms with Crippen LogP contribution in [-0.2, 0) is 11.3 Å². The fourth-order valence-electron chi connectivity index (χ4n) is 2.94. The van der Waals surface area contributed by atoms with Crippen LogP contribution in [0.5, 0.6) is 0 Å². The number of hydrogen-bond acceptors (Lipinski definition) is 3. The van der Waals surface area contributed by atoms with E-state index in [0.717, 1.165) is 19.4 Å². The molecule has 2 saturated heterocycles. The molecular weight excluding hydrogens is 286 g/mol. The van der Waals surface area contributed by atoms with Crippen molar-refractivity contribution in [1.82, 2.24) is 4.90 Å². The maximum atomic E-state index is 11.5. The summed E-state index contributed by atoms with van der Waals surface area (Å²) in [5, 5.41) is 2.13. The van der Waals surface area contributed by atoms with Gasteiger partial charge in [0.1, 0.15) is 5.78 Å². The molecule has 2 nitrogen and oxygen atoms in total. The minimum absolute atomic E-state index is 0.469. The van der Waals surface area contributed by atoms with E-state index in [-0.39, 0.29) is 0 Å². The maximum Gasteiger partial charge on any atom is 0.136 e. The Morgan fingerprint density at radius 1 is 1.38 bits per heavy atom. The first-order valence-electron chi connectivity index (χ1n) is 5.73. The topological polar surface area (TPSA) is 20.3 Å². The molecule has 3 heterocycles. The van der Waals surface area contributed by atoms with Gasteiger partial charge in [0, 0.05) is 46.2 Å². The van der Waals surface area contributed by atoms with Crippen LogP contribution in [0.4, 0.5) is 0 Å². The number of halogens is 1. The number of carbonyl (C=O) groups is 1. The van der Waals surface area contributed by atoms with Crippen molar-refractivity contribution in [2.75, 3.05) is 0 Å². The van der Waals surface area contributed by atoms with E-state index < -0.39 is 0 Å². The number of nitrogens with zero attached hydrogens (tertiary/aromatic N) is 1. The molecule has 0 radical (unpaired) electrons. The van der Waals surface area contributed by atoms with Gasteiger partial charge in [-0.25, -0.2) is 0 Å². The normalized spacial score (nSPS) is 29.9. The monoisotopic (exact) mass is 299 g/mol. The number of ketones is 1. The van der Waals surface area contributed by atoms with Crippen LogP contribution in [0, 0.1) is 0 Å². The number of fused-ring (bicyclic) bond motifs is 2. The second-order valence-electron chi connectivity index (χ2n) is 4.74. The van der Waals surface area contributed by atoms with Gasteiger partial charge in [-0.05, 0) is 34.8 Å². The molecule has 2 atom stereocenters. The van der Waals surface area contributed by atoms with Gasteiger partial charge in [0.25, 0.3) is 0 Å². The highest BCUT2D eigenvalue weighted by atomic mass is 79.9. The minimum atomic E-state index is 0.469. The van der Waals surface area contributed by atoms with Gasteiger partial charge in [0.05, 0.1) is 0 Å². The largest absolute Gasteiger partial charge is 0.300 e. The summed E-state index contributed by atoms with van der Waals surface area (Å²) in [6.45, 7) is 1.03. The van der Waals surface area contributed by atoms with Crippen LogP contribution in [0.1, 0.15) is 30.6 Å². The Morgan fingerprint density at radius 3 is 2.62 bits per heavy atom. The van der Waals surface area contributed by atoms with Crippen molar-refractivity contribution in [1.29, 1.82) is 0 Å². The summed E-state index contributed by atoms with van der Waals surface area (Å²) in [4.78, 5) is 15.4. The fraction of sp³-hybridized carbons (Fsp3) is 0.583. The van der Waals surface area contributed by atoms with Crippen LogP contribution in [0.3, 0.4) is 0 Å². The van der Waals surface area contributed by atoms with Crippen molar-refractivity contribution in [3.05, 3.63) is 20.8 Å². The molecule has 1 aromatic rings. The van der Waals surface area contributed by atoms with Crippen molar-refractivity contribution < 1.29 is 4.79 Å². The third-order valence-electron chi connectivity index (χ3n) is 3.66. The molecule has 0 aliphatic carbocycles. The van der Waals surface area contributed by atoms with E-state index in [1.54, 1.807) is 11.3 Å². The molecule has 0 aromatic carbocycles. The van der Waals surface area contributed by atoms with Gasteiger partial charge in [0.15, 0.2) is 0 Å². The quantitative estimate of drug-likeness (QED) is 0.836. The van der Waals surface area contributed by atoms with E-state index in [2.05, 4.69) is 32.3 Å². The first-order valence-corrected chi connectivity index (χ1v) is 7.40. The molecule has 2 aliphatic rings. The number of piperidine rings is 1. The van der Waals surface area contributed by atoms with Gasteiger partial charge in [-0.15, -0.1) is 11.3 Å². The molecule has 2 bridgehead atoms. The first kappa shape index (κ1) is 10.9. The van der Waals surface area contributed by atoms with Gasteiger partial charge in [-0.1, -0.05) is 0 Å². The van der Waals surface area contributed by atoms with E-state index >= 15 is 0 Å². The summed E-state index contributed by atoms with van der Waals surface area (Å²) < 4.78 is 1.17. The summed E-state index contributed by atoms with van der Waals surface area (Å²) in [6, 6.07) is 3.24. The predicted molar refractivity (Wildman–Crippen MR) is 68.6 cm³/mol. The smallest absolute Gasteiger partial charge is 0.136 e. The Morgan fingerprint density at radius 2 is 2.06 bits per heavy atom. The van der Waals surface area contributed by atoms with Gasteiger partial charge >= 0.3 is 0 Å². The van der Waals surface area contributed by atoms with Gasteiger partial charge < -0.3 is 0 Å². The molecule has 1 aromatic heterocycles. The van der Waals surface area contributed by atoms with Crippen LogP contribution in [0.25, 0.3) is 0 Å². The molecule has 0 amide bonds. The van der Waals surface area contributed by atoms with Crippen LogP contribution in [-0.4, -0.2) is 22.8 Å². The summed E-state index contributed by atoms with van der Waals surface area (Å²) >= 11 is 5.29. The van der Waals surface area contributed by atoms with Crippen molar-refractivity contribution >= 4 is 33.0 Å². The lowest BCUT2D eigenvalue weighted by Gasteiger charge is -2.33. The second-order valence-corrected chi connectivity index (χ2v) is 6.65. The third kappa shape index (κ3) is 1.98. The number of Topliss-reactive ketones (excluding diaryl/α,β-unsaturated/α-hetero) is 1. The van der Waals surface area contributed by atoms with Crippen molar-refractivity contribution in [3.8, 4) is 0 Å². The van der Waals surface area contributed by atoms with Crippen LogP contribution >= 0.6 is 27.3 Å². The third-order valence-corrected chi connectivity index (χ3v) is 5.34. The minimum Gasteiger partial charge on any atom is -0.300 e. The lowest BCUT2D eigenvalue weighted by atomic mass is 10.0. The van der Waals surface area contributed by atoms with Gasteiger partial charge in [-0.2, -0.15) is 0 Å². The van der Waals surface area contributed by atoms with E-state index in [4.69, 9.17) is 0 Å². The number of thiophene rings is 1. The van der Waals surface area contributed by atoms with E-state index in [1.165, 1.54) is 22.2 Å². The molecule has 4 heteroatoms. The van der Waals surface area contributed by atoms with Gasteiger partial charge in [0.2, 0.25) is 0 Å². The first-order chi connectivity index (χ1) is 7.72. The lowest BCUT2D eigenvalue weighted by molar-refractivity contribution is -0.123. The highest BCUT2D eigenvalue weighted by molar-refractivity contribution is 9.10. The summed E-state index contributed by atoms with van der Waals surface area (Å²) in [5.41, 5.74) is 0. The van der Waals surface area contributed by atoms with Crippen LogP contribution < -0.4 is 0 Å². The summed E-state index contributed by atoms with van der Waals surface area (Å²) in [5.74, 6) is 0.469. The maximum absolute atomic E-state index is 11.5. The fourth-order valence-corrected chi connectivity index (χ4v) is 4.40. The Bertz CT molecular complexity index is 401. The van der Waals surface area contributed by atoms with E-state index in [0.29, 0.717) is 17.9 Å². The molecular formula is C12H14BrNOS. The Kier molecular flexibility index (Phi) is 2.90. The van der Waals surface area contributed by atoms with Crippen molar-refractivity contribution in [2.45, 2.75) is 44.3 Å². The molecule has 0 spiro atoms. The highest BCUT2D eigenvalue weighted by Gasteiger charge is 2.39. The summed E-state index contributed by atoms with van der Waals surface area (Å²) in [6.07, 6.45) is 3.98. The molecule has 86 valence electrons. The zero-order chi connectivity index (χ0) is 11.1. The van der Waals surface area contributed by atoms with Crippen LogP contribution in [0.15, 0.2) is 15.9 Å². The molecule has 2 unspecified atom stereocenters.